The standard InChI is InChI=1S/C11H17N3O/c1-2-14-8-10(7-13-14)6-12-11(9-15)4-3-5-11/h2,7-8,12,15H,1,3-6,9H2. The molecule has 0 bridgehead atoms. The predicted octanol–water partition coefficient (Wildman–Crippen LogP) is 0.988. The maximum atomic E-state index is 9.27. The zero-order valence-corrected chi connectivity index (χ0v) is 8.82. The van der Waals surface area contributed by atoms with Gasteiger partial charge in [-0.25, -0.2) is 4.68 Å². The molecule has 0 unspecified atom stereocenters. The molecule has 1 fully saturated rings. The van der Waals surface area contributed by atoms with Gasteiger partial charge in [0.05, 0.1) is 12.8 Å². The Labute approximate surface area is 89.6 Å². The molecule has 0 aliphatic heterocycles. The minimum absolute atomic E-state index is 0.0315. The lowest BCUT2D eigenvalue weighted by Gasteiger charge is -2.41. The lowest BCUT2D eigenvalue weighted by molar-refractivity contribution is 0.0872. The molecular weight excluding hydrogens is 190 g/mol. The zero-order valence-electron chi connectivity index (χ0n) is 8.82. The molecule has 4 heteroatoms. The van der Waals surface area contributed by atoms with Crippen LogP contribution in [0.3, 0.4) is 0 Å². The lowest BCUT2D eigenvalue weighted by atomic mass is 9.77. The van der Waals surface area contributed by atoms with E-state index in [4.69, 9.17) is 0 Å². The van der Waals surface area contributed by atoms with Gasteiger partial charge in [-0.15, -0.1) is 0 Å². The molecule has 2 N–H and O–H groups in total. The van der Waals surface area contributed by atoms with Crippen LogP contribution in [-0.2, 0) is 6.54 Å². The molecule has 0 radical (unpaired) electrons. The molecule has 0 amide bonds. The van der Waals surface area contributed by atoms with E-state index in [0.29, 0.717) is 0 Å². The van der Waals surface area contributed by atoms with E-state index in [-0.39, 0.29) is 12.1 Å². The number of hydrogen-bond acceptors (Lipinski definition) is 3. The van der Waals surface area contributed by atoms with E-state index in [0.717, 1.165) is 24.9 Å². The van der Waals surface area contributed by atoms with E-state index < -0.39 is 0 Å². The van der Waals surface area contributed by atoms with Crippen molar-refractivity contribution in [2.24, 2.45) is 0 Å². The fraction of sp³-hybridized carbons (Fsp3) is 0.545. The quantitative estimate of drug-likeness (QED) is 0.757. The average molecular weight is 207 g/mol. The van der Waals surface area contributed by atoms with Gasteiger partial charge in [-0.2, -0.15) is 5.10 Å². The van der Waals surface area contributed by atoms with Crippen LogP contribution in [0.4, 0.5) is 0 Å². The Hall–Kier alpha value is -1.13. The summed E-state index contributed by atoms with van der Waals surface area (Å²) >= 11 is 0. The van der Waals surface area contributed by atoms with Crippen molar-refractivity contribution in [2.45, 2.75) is 31.3 Å². The molecular formula is C11H17N3O. The molecule has 1 aromatic heterocycles. The molecule has 0 aromatic carbocycles. The van der Waals surface area contributed by atoms with Crippen molar-refractivity contribution < 1.29 is 5.11 Å². The summed E-state index contributed by atoms with van der Waals surface area (Å²) in [5.41, 5.74) is 1.09. The number of aromatic nitrogens is 2. The number of rotatable bonds is 5. The van der Waals surface area contributed by atoms with Gasteiger partial charge in [0.25, 0.3) is 0 Å². The van der Waals surface area contributed by atoms with Crippen molar-refractivity contribution >= 4 is 6.20 Å². The summed E-state index contributed by atoms with van der Waals surface area (Å²) in [4.78, 5) is 0. The fourth-order valence-corrected chi connectivity index (χ4v) is 1.85. The molecule has 1 aliphatic carbocycles. The van der Waals surface area contributed by atoms with Gasteiger partial charge in [0.15, 0.2) is 0 Å². The van der Waals surface area contributed by atoms with Crippen molar-refractivity contribution in [2.75, 3.05) is 6.61 Å². The first-order valence-electron chi connectivity index (χ1n) is 5.29. The SMILES string of the molecule is C=Cn1cc(CNC2(CO)CCC2)cn1. The third-order valence-electron chi connectivity index (χ3n) is 3.12. The Morgan fingerprint density at radius 2 is 2.47 bits per heavy atom. The van der Waals surface area contributed by atoms with Crippen molar-refractivity contribution in [1.82, 2.24) is 15.1 Å². The third kappa shape index (κ3) is 2.11. The van der Waals surface area contributed by atoms with Crippen LogP contribution in [0.1, 0.15) is 24.8 Å². The van der Waals surface area contributed by atoms with Crippen molar-refractivity contribution in [1.29, 1.82) is 0 Å². The molecule has 1 heterocycles. The van der Waals surface area contributed by atoms with Crippen molar-refractivity contribution in [3.63, 3.8) is 0 Å². The van der Waals surface area contributed by atoms with Gasteiger partial charge in [-0.1, -0.05) is 6.58 Å². The summed E-state index contributed by atoms with van der Waals surface area (Å²) in [7, 11) is 0. The molecule has 0 spiro atoms. The second-order valence-electron chi connectivity index (χ2n) is 4.16. The predicted molar refractivity (Wildman–Crippen MR) is 59.1 cm³/mol. The maximum Gasteiger partial charge on any atom is 0.0613 e. The van der Waals surface area contributed by atoms with E-state index >= 15 is 0 Å². The molecule has 2 rings (SSSR count). The minimum atomic E-state index is -0.0315. The van der Waals surface area contributed by atoms with Crippen molar-refractivity contribution in [3.8, 4) is 0 Å². The van der Waals surface area contributed by atoms with E-state index in [9.17, 15) is 5.11 Å². The summed E-state index contributed by atoms with van der Waals surface area (Å²) in [6, 6.07) is 0. The molecule has 82 valence electrons. The second-order valence-corrected chi connectivity index (χ2v) is 4.16. The van der Waals surface area contributed by atoms with E-state index in [1.54, 1.807) is 10.9 Å². The molecule has 1 saturated carbocycles. The third-order valence-corrected chi connectivity index (χ3v) is 3.12. The number of nitrogens with zero attached hydrogens (tertiary/aromatic N) is 2. The minimum Gasteiger partial charge on any atom is -0.394 e. The molecule has 0 saturated heterocycles. The van der Waals surface area contributed by atoms with Crippen LogP contribution in [0.25, 0.3) is 6.20 Å². The zero-order chi connectivity index (χ0) is 10.7. The Morgan fingerprint density at radius 1 is 1.67 bits per heavy atom. The molecule has 1 aliphatic rings. The Balaban J connectivity index is 1.89. The molecule has 1 aromatic rings. The second kappa shape index (κ2) is 4.16. The number of nitrogens with one attached hydrogen (secondary N) is 1. The highest BCUT2D eigenvalue weighted by atomic mass is 16.3. The van der Waals surface area contributed by atoms with Gasteiger partial charge >= 0.3 is 0 Å². The van der Waals surface area contributed by atoms with Crippen molar-refractivity contribution in [3.05, 3.63) is 24.5 Å². The van der Waals surface area contributed by atoms with Crippen LogP contribution in [0.5, 0.6) is 0 Å². The van der Waals surface area contributed by atoms with Gasteiger partial charge in [0.2, 0.25) is 0 Å². The Morgan fingerprint density at radius 3 is 2.93 bits per heavy atom. The van der Waals surface area contributed by atoms with Gasteiger partial charge in [-0.05, 0) is 19.3 Å². The lowest BCUT2D eigenvalue weighted by Crippen LogP contribution is -2.53. The monoisotopic (exact) mass is 207 g/mol. The first kappa shape index (κ1) is 10.4. The van der Waals surface area contributed by atoms with E-state index in [2.05, 4.69) is 17.0 Å². The molecule has 0 atom stereocenters. The smallest absolute Gasteiger partial charge is 0.0613 e. The highest BCUT2D eigenvalue weighted by molar-refractivity contribution is 5.17. The molecule has 15 heavy (non-hydrogen) atoms. The maximum absolute atomic E-state index is 9.27. The van der Waals surface area contributed by atoms with Gasteiger partial charge in [0, 0.05) is 30.0 Å². The van der Waals surface area contributed by atoms with Crippen LogP contribution < -0.4 is 5.32 Å². The molecule has 4 nitrogen and oxygen atoms in total. The van der Waals surface area contributed by atoms with E-state index in [1.807, 2.05) is 12.4 Å². The first-order chi connectivity index (χ1) is 7.28. The van der Waals surface area contributed by atoms with E-state index in [1.165, 1.54) is 6.42 Å². The summed E-state index contributed by atoms with van der Waals surface area (Å²) in [5.74, 6) is 0. The number of hydrogen-bond donors (Lipinski definition) is 2. The summed E-state index contributed by atoms with van der Waals surface area (Å²) in [6.07, 6.45) is 8.76. The highest BCUT2D eigenvalue weighted by Gasteiger charge is 2.35. The number of aliphatic hydroxyl groups excluding tert-OH is 1. The van der Waals surface area contributed by atoms with Crippen LogP contribution in [0.15, 0.2) is 19.0 Å². The topological polar surface area (TPSA) is 50.1 Å². The average Bonchev–Trinajstić information content (AvgIpc) is 2.65. The summed E-state index contributed by atoms with van der Waals surface area (Å²) < 4.78 is 1.68. The fourth-order valence-electron chi connectivity index (χ4n) is 1.85. The van der Waals surface area contributed by atoms with Gasteiger partial charge < -0.3 is 10.4 Å². The first-order valence-corrected chi connectivity index (χ1v) is 5.29. The van der Waals surface area contributed by atoms with Crippen LogP contribution in [0, 0.1) is 0 Å². The summed E-state index contributed by atoms with van der Waals surface area (Å²) in [6.45, 7) is 4.62. The Bertz CT molecular complexity index is 336. The summed E-state index contributed by atoms with van der Waals surface area (Å²) in [5, 5.41) is 16.8. The van der Waals surface area contributed by atoms with Gasteiger partial charge in [0.1, 0.15) is 0 Å². The highest BCUT2D eigenvalue weighted by Crippen LogP contribution is 2.31. The largest absolute Gasteiger partial charge is 0.394 e. The normalized spacial score (nSPS) is 18.5. The number of aliphatic hydroxyl groups is 1. The Kier molecular flexibility index (Phi) is 2.88. The van der Waals surface area contributed by atoms with Crippen LogP contribution in [0.2, 0.25) is 0 Å². The van der Waals surface area contributed by atoms with Gasteiger partial charge in [-0.3, -0.25) is 0 Å². The van der Waals surface area contributed by atoms with Crippen LogP contribution in [-0.4, -0.2) is 27.0 Å². The van der Waals surface area contributed by atoms with Crippen LogP contribution >= 0.6 is 0 Å².